The second kappa shape index (κ2) is 7.57. The van der Waals surface area contributed by atoms with Crippen molar-refractivity contribution in [2.24, 2.45) is 0 Å². The van der Waals surface area contributed by atoms with Crippen LogP contribution in [0.1, 0.15) is 18.5 Å². The Hall–Kier alpha value is -2.59. The van der Waals surface area contributed by atoms with E-state index >= 15 is 0 Å². The fourth-order valence-corrected chi connectivity index (χ4v) is 4.40. The van der Waals surface area contributed by atoms with Crippen LogP contribution >= 0.6 is 11.3 Å². The lowest BCUT2D eigenvalue weighted by Crippen LogP contribution is -2.17. The average Bonchev–Trinajstić information content (AvgIpc) is 3.06. The van der Waals surface area contributed by atoms with E-state index in [4.69, 9.17) is 0 Å². The van der Waals surface area contributed by atoms with Crippen molar-refractivity contribution < 1.29 is 21.6 Å². The summed E-state index contributed by atoms with van der Waals surface area (Å²) in [5.74, 6) is -3.02. The predicted octanol–water partition coefficient (Wildman–Crippen LogP) is 4.53. The maximum Gasteiger partial charge on any atom is 0.269 e. The molecule has 0 aliphatic rings. The van der Waals surface area contributed by atoms with Gasteiger partial charge < -0.3 is 5.32 Å². The quantitative estimate of drug-likeness (QED) is 0.623. The minimum absolute atomic E-state index is 0.0100. The molecule has 0 bridgehead atoms. The molecule has 0 spiro atoms. The van der Waals surface area contributed by atoms with Gasteiger partial charge in [-0.25, -0.2) is 26.6 Å². The molecule has 0 saturated carbocycles. The van der Waals surface area contributed by atoms with Gasteiger partial charge in [-0.3, -0.25) is 4.72 Å². The molecule has 0 fully saturated rings. The Morgan fingerprint density at radius 1 is 1.07 bits per heavy atom. The van der Waals surface area contributed by atoms with Gasteiger partial charge in [0.15, 0.2) is 10.0 Å². The molecular formula is C17H14F3N3O2S2. The fourth-order valence-electron chi connectivity index (χ4n) is 2.49. The van der Waals surface area contributed by atoms with E-state index < -0.39 is 38.4 Å². The van der Waals surface area contributed by atoms with Crippen molar-refractivity contribution >= 4 is 32.2 Å². The minimum atomic E-state index is -4.49. The average molecular weight is 413 g/mol. The summed E-state index contributed by atoms with van der Waals surface area (Å²) in [6.07, 6.45) is 1.35. The number of sulfonamides is 1. The van der Waals surface area contributed by atoms with Gasteiger partial charge in [-0.05, 0) is 25.1 Å². The Labute approximate surface area is 157 Å². The van der Waals surface area contributed by atoms with Gasteiger partial charge in [-0.15, -0.1) is 11.3 Å². The SMILES string of the molecule is C[C@H](Nc1cc(F)c(S(=O)(=O)Nc2nccs2)c(F)c1)c1ccccc1F. The molecule has 2 N–H and O–H groups in total. The Morgan fingerprint density at radius 2 is 1.74 bits per heavy atom. The van der Waals surface area contributed by atoms with Crippen LogP contribution in [0.15, 0.2) is 52.9 Å². The standard InChI is InChI=1S/C17H14F3N3O2S2/c1-10(12-4-2-3-5-13(12)18)22-11-8-14(19)16(15(20)9-11)27(24,25)23-17-21-6-7-26-17/h2-10,22H,1H3,(H,21,23)/t10-/m0/s1. The monoisotopic (exact) mass is 413 g/mol. The van der Waals surface area contributed by atoms with Crippen LogP contribution in [0.5, 0.6) is 0 Å². The highest BCUT2D eigenvalue weighted by molar-refractivity contribution is 7.93. The predicted molar refractivity (Wildman–Crippen MR) is 97.7 cm³/mol. The van der Waals surface area contributed by atoms with E-state index in [0.717, 1.165) is 23.5 Å². The number of hydrogen-bond donors (Lipinski definition) is 2. The van der Waals surface area contributed by atoms with Gasteiger partial charge in [0.25, 0.3) is 10.0 Å². The van der Waals surface area contributed by atoms with Gasteiger partial charge >= 0.3 is 0 Å². The molecule has 5 nitrogen and oxygen atoms in total. The Morgan fingerprint density at radius 3 is 2.33 bits per heavy atom. The molecule has 1 atom stereocenters. The zero-order valence-electron chi connectivity index (χ0n) is 13.9. The van der Waals surface area contributed by atoms with Crippen molar-refractivity contribution in [1.29, 1.82) is 0 Å². The molecule has 10 heteroatoms. The molecule has 27 heavy (non-hydrogen) atoms. The van der Waals surface area contributed by atoms with Gasteiger partial charge in [0.1, 0.15) is 17.5 Å². The van der Waals surface area contributed by atoms with Crippen LogP contribution in [-0.4, -0.2) is 13.4 Å². The van der Waals surface area contributed by atoms with Crippen molar-refractivity contribution in [1.82, 2.24) is 4.98 Å². The Balaban J connectivity index is 1.88. The molecule has 3 rings (SSSR count). The van der Waals surface area contributed by atoms with Crippen LogP contribution in [0.25, 0.3) is 0 Å². The van der Waals surface area contributed by atoms with Crippen molar-refractivity contribution in [2.45, 2.75) is 17.9 Å². The van der Waals surface area contributed by atoms with Crippen LogP contribution in [0, 0.1) is 17.5 Å². The molecule has 0 saturated heterocycles. The van der Waals surface area contributed by atoms with Gasteiger partial charge in [0.05, 0.1) is 6.04 Å². The zero-order valence-corrected chi connectivity index (χ0v) is 15.5. The third kappa shape index (κ3) is 4.22. The Bertz CT molecular complexity index is 1030. The third-order valence-corrected chi connectivity index (χ3v) is 5.88. The lowest BCUT2D eigenvalue weighted by Gasteiger charge is -2.17. The number of benzene rings is 2. The summed E-state index contributed by atoms with van der Waals surface area (Å²) < 4.78 is 69.1. The van der Waals surface area contributed by atoms with Crippen LogP contribution in [0.3, 0.4) is 0 Å². The largest absolute Gasteiger partial charge is 0.378 e. The number of nitrogens with zero attached hydrogens (tertiary/aromatic N) is 1. The van der Waals surface area contributed by atoms with E-state index in [1.165, 1.54) is 29.8 Å². The second-order valence-electron chi connectivity index (χ2n) is 5.60. The van der Waals surface area contributed by atoms with Gasteiger partial charge in [0.2, 0.25) is 0 Å². The lowest BCUT2D eigenvalue weighted by molar-refractivity contribution is 0.521. The summed E-state index contributed by atoms with van der Waals surface area (Å²) in [7, 11) is -4.49. The van der Waals surface area contributed by atoms with Gasteiger partial charge in [-0.2, -0.15) is 0 Å². The van der Waals surface area contributed by atoms with Crippen molar-refractivity contribution in [3.05, 3.63) is 71.0 Å². The summed E-state index contributed by atoms with van der Waals surface area (Å²) in [6, 6.07) is 7.07. The molecule has 0 unspecified atom stereocenters. The third-order valence-electron chi connectivity index (χ3n) is 3.68. The summed E-state index contributed by atoms with van der Waals surface area (Å²) in [5, 5.41) is 4.26. The zero-order chi connectivity index (χ0) is 19.6. The van der Waals surface area contributed by atoms with E-state index in [1.807, 2.05) is 4.72 Å². The van der Waals surface area contributed by atoms with Gasteiger partial charge in [0, 0.05) is 22.8 Å². The van der Waals surface area contributed by atoms with E-state index in [-0.39, 0.29) is 10.8 Å². The highest BCUT2D eigenvalue weighted by atomic mass is 32.2. The smallest absolute Gasteiger partial charge is 0.269 e. The first-order chi connectivity index (χ1) is 12.8. The topological polar surface area (TPSA) is 71.1 Å². The summed E-state index contributed by atoms with van der Waals surface area (Å²) in [4.78, 5) is 2.61. The normalized spacial score (nSPS) is 12.6. The minimum Gasteiger partial charge on any atom is -0.378 e. The van der Waals surface area contributed by atoms with E-state index in [0.29, 0.717) is 5.56 Å². The van der Waals surface area contributed by atoms with Crippen LogP contribution in [-0.2, 0) is 10.0 Å². The number of aromatic nitrogens is 1. The molecule has 3 aromatic rings. The van der Waals surface area contributed by atoms with Crippen molar-refractivity contribution in [3.63, 3.8) is 0 Å². The Kier molecular flexibility index (Phi) is 5.38. The highest BCUT2D eigenvalue weighted by Crippen LogP contribution is 2.28. The molecule has 0 aliphatic heterocycles. The first kappa shape index (κ1) is 19.2. The first-order valence-corrected chi connectivity index (χ1v) is 10.1. The van der Waals surface area contributed by atoms with E-state index in [9.17, 15) is 21.6 Å². The van der Waals surface area contributed by atoms with Crippen LogP contribution in [0.4, 0.5) is 24.0 Å². The number of anilines is 2. The number of thiazole rings is 1. The van der Waals surface area contributed by atoms with Crippen LogP contribution in [0.2, 0.25) is 0 Å². The van der Waals surface area contributed by atoms with Crippen molar-refractivity contribution in [2.75, 3.05) is 10.0 Å². The molecule has 1 heterocycles. The molecule has 2 aromatic carbocycles. The molecule has 1 aromatic heterocycles. The summed E-state index contributed by atoms with van der Waals surface area (Å²) in [5.41, 5.74) is 0.286. The van der Waals surface area contributed by atoms with Crippen LogP contribution < -0.4 is 10.0 Å². The van der Waals surface area contributed by atoms with Crippen molar-refractivity contribution in [3.8, 4) is 0 Å². The summed E-state index contributed by atoms with van der Waals surface area (Å²) >= 11 is 0.973. The summed E-state index contributed by atoms with van der Waals surface area (Å²) in [6.45, 7) is 1.61. The van der Waals surface area contributed by atoms with E-state index in [2.05, 4.69) is 10.3 Å². The first-order valence-electron chi connectivity index (χ1n) is 7.70. The maximum atomic E-state index is 14.4. The van der Waals surface area contributed by atoms with Gasteiger partial charge in [-0.1, -0.05) is 18.2 Å². The number of halogens is 3. The second-order valence-corrected chi connectivity index (χ2v) is 8.11. The number of rotatable bonds is 6. The molecule has 0 aliphatic carbocycles. The molecule has 0 radical (unpaired) electrons. The van der Waals surface area contributed by atoms with E-state index in [1.54, 1.807) is 13.0 Å². The number of nitrogens with one attached hydrogen (secondary N) is 2. The fraction of sp³-hybridized carbons (Fsp3) is 0.118. The molecule has 142 valence electrons. The molecular weight excluding hydrogens is 399 g/mol. The maximum absolute atomic E-state index is 14.4. The molecule has 0 amide bonds. The highest BCUT2D eigenvalue weighted by Gasteiger charge is 2.26. The lowest BCUT2D eigenvalue weighted by atomic mass is 10.1. The number of hydrogen-bond acceptors (Lipinski definition) is 5.